The van der Waals surface area contributed by atoms with E-state index >= 15 is 0 Å². The summed E-state index contributed by atoms with van der Waals surface area (Å²) >= 11 is 0. The van der Waals surface area contributed by atoms with Gasteiger partial charge in [-0.15, -0.1) is 5.10 Å². The SMILES string of the molecule is c1ccc(N2CCc3ccccc3[C@@H]2c2nnnn2-c2ccc3ccccc3c2)cc1. The number of fused-ring (bicyclic) bond motifs is 2. The summed E-state index contributed by atoms with van der Waals surface area (Å²) in [5.41, 5.74) is 4.76. The zero-order chi connectivity index (χ0) is 20.6. The van der Waals surface area contributed by atoms with Crippen LogP contribution < -0.4 is 4.90 Å². The molecular weight excluding hydrogens is 382 g/mol. The predicted molar refractivity (Wildman–Crippen MR) is 122 cm³/mol. The third-order valence-corrected chi connectivity index (χ3v) is 6.09. The lowest BCUT2D eigenvalue weighted by atomic mass is 9.91. The van der Waals surface area contributed by atoms with Gasteiger partial charge in [-0.05, 0) is 63.0 Å². The summed E-state index contributed by atoms with van der Waals surface area (Å²) in [6.07, 6.45) is 0.999. The van der Waals surface area contributed by atoms with Crippen molar-refractivity contribution in [1.29, 1.82) is 0 Å². The van der Waals surface area contributed by atoms with Gasteiger partial charge in [0.15, 0.2) is 5.82 Å². The zero-order valence-corrected chi connectivity index (χ0v) is 17.0. The largest absolute Gasteiger partial charge is 0.357 e. The van der Waals surface area contributed by atoms with Crippen LogP contribution in [0.1, 0.15) is 23.0 Å². The van der Waals surface area contributed by atoms with Crippen LogP contribution in [0.5, 0.6) is 0 Å². The molecule has 1 atom stereocenters. The van der Waals surface area contributed by atoms with Gasteiger partial charge in [-0.2, -0.15) is 4.68 Å². The summed E-state index contributed by atoms with van der Waals surface area (Å²) in [4.78, 5) is 2.41. The number of anilines is 1. The summed E-state index contributed by atoms with van der Waals surface area (Å²) in [5.74, 6) is 0.825. The predicted octanol–water partition coefficient (Wildman–Crippen LogP) is 4.97. The molecule has 0 spiro atoms. The van der Waals surface area contributed by atoms with Crippen molar-refractivity contribution in [2.45, 2.75) is 12.5 Å². The molecule has 0 amide bonds. The van der Waals surface area contributed by atoms with E-state index < -0.39 is 0 Å². The van der Waals surface area contributed by atoms with Gasteiger partial charge in [0.05, 0.1) is 5.69 Å². The van der Waals surface area contributed by atoms with Crippen molar-refractivity contribution in [2.75, 3.05) is 11.4 Å². The molecule has 0 aliphatic carbocycles. The van der Waals surface area contributed by atoms with Crippen LogP contribution in [-0.4, -0.2) is 26.8 Å². The lowest BCUT2D eigenvalue weighted by Crippen LogP contribution is -2.37. The first-order valence-electron chi connectivity index (χ1n) is 10.6. The fraction of sp³-hybridized carbons (Fsp3) is 0.115. The second-order valence-electron chi connectivity index (χ2n) is 7.86. The van der Waals surface area contributed by atoms with Gasteiger partial charge in [-0.25, -0.2) is 0 Å². The second-order valence-corrected chi connectivity index (χ2v) is 7.86. The Morgan fingerprint density at radius 2 is 1.48 bits per heavy atom. The van der Waals surface area contributed by atoms with Gasteiger partial charge in [0.25, 0.3) is 0 Å². The number of hydrogen-bond donors (Lipinski definition) is 0. The van der Waals surface area contributed by atoms with Crippen molar-refractivity contribution in [2.24, 2.45) is 0 Å². The number of benzene rings is 4. The molecule has 5 aromatic rings. The molecule has 150 valence electrons. The molecule has 4 aromatic carbocycles. The molecule has 5 heteroatoms. The number of tetrazole rings is 1. The molecule has 1 aliphatic rings. The first-order chi connectivity index (χ1) is 15.4. The quantitative estimate of drug-likeness (QED) is 0.427. The minimum Gasteiger partial charge on any atom is -0.357 e. The summed E-state index contributed by atoms with van der Waals surface area (Å²) in [6.45, 7) is 0.913. The number of para-hydroxylation sites is 1. The maximum atomic E-state index is 4.53. The van der Waals surface area contributed by atoms with Gasteiger partial charge in [0, 0.05) is 12.2 Å². The van der Waals surface area contributed by atoms with Crippen LogP contribution in [0, 0.1) is 0 Å². The molecule has 0 saturated carbocycles. The third-order valence-electron chi connectivity index (χ3n) is 6.09. The van der Waals surface area contributed by atoms with Crippen LogP contribution in [-0.2, 0) is 6.42 Å². The van der Waals surface area contributed by atoms with E-state index in [2.05, 4.69) is 117 Å². The highest BCUT2D eigenvalue weighted by molar-refractivity contribution is 5.84. The standard InChI is InChI=1S/C26H21N5/c1-2-11-22(12-3-1)30-17-16-20-9-6-7-13-24(20)25(30)26-27-28-29-31(26)23-15-14-19-8-4-5-10-21(19)18-23/h1-15,18,25H,16-17H2/t25-/m1/s1. The highest BCUT2D eigenvalue weighted by Crippen LogP contribution is 2.37. The van der Waals surface area contributed by atoms with Crippen LogP contribution >= 0.6 is 0 Å². The molecule has 31 heavy (non-hydrogen) atoms. The molecule has 0 saturated heterocycles. The van der Waals surface area contributed by atoms with Crippen molar-refractivity contribution in [1.82, 2.24) is 20.2 Å². The van der Waals surface area contributed by atoms with E-state index in [1.54, 1.807) is 0 Å². The molecule has 0 fully saturated rings. The van der Waals surface area contributed by atoms with Crippen molar-refractivity contribution < 1.29 is 0 Å². The molecular formula is C26H21N5. The fourth-order valence-corrected chi connectivity index (χ4v) is 4.60. The Hall–Kier alpha value is -3.99. The highest BCUT2D eigenvalue weighted by atomic mass is 15.6. The molecule has 0 unspecified atom stereocenters. The van der Waals surface area contributed by atoms with E-state index in [4.69, 9.17) is 0 Å². The monoisotopic (exact) mass is 403 g/mol. The van der Waals surface area contributed by atoms with Gasteiger partial charge < -0.3 is 4.90 Å². The van der Waals surface area contributed by atoms with Crippen molar-refractivity contribution in [3.05, 3.63) is 114 Å². The highest BCUT2D eigenvalue weighted by Gasteiger charge is 2.33. The maximum Gasteiger partial charge on any atom is 0.183 e. The lowest BCUT2D eigenvalue weighted by Gasteiger charge is -2.38. The molecule has 2 heterocycles. The Morgan fingerprint density at radius 1 is 0.710 bits per heavy atom. The molecule has 5 nitrogen and oxygen atoms in total. The minimum atomic E-state index is -0.0613. The number of nitrogens with zero attached hydrogens (tertiary/aromatic N) is 5. The van der Waals surface area contributed by atoms with E-state index in [1.165, 1.54) is 27.6 Å². The van der Waals surface area contributed by atoms with E-state index in [0.717, 1.165) is 24.5 Å². The van der Waals surface area contributed by atoms with Crippen LogP contribution in [0.4, 0.5) is 5.69 Å². The Labute approximate surface area is 180 Å². The molecule has 0 radical (unpaired) electrons. The van der Waals surface area contributed by atoms with Crippen molar-refractivity contribution >= 4 is 16.5 Å². The summed E-state index contributed by atoms with van der Waals surface area (Å²) in [5, 5.41) is 15.4. The third kappa shape index (κ3) is 3.06. The maximum absolute atomic E-state index is 4.53. The van der Waals surface area contributed by atoms with E-state index in [-0.39, 0.29) is 6.04 Å². The van der Waals surface area contributed by atoms with Gasteiger partial charge in [0.1, 0.15) is 6.04 Å². The van der Waals surface area contributed by atoms with Gasteiger partial charge >= 0.3 is 0 Å². The average Bonchev–Trinajstić information content (AvgIpc) is 3.33. The van der Waals surface area contributed by atoms with Gasteiger partial charge in [-0.1, -0.05) is 72.8 Å². The summed E-state index contributed by atoms with van der Waals surface area (Å²) in [7, 11) is 0. The molecule has 6 rings (SSSR count). The zero-order valence-electron chi connectivity index (χ0n) is 17.0. The fourth-order valence-electron chi connectivity index (χ4n) is 4.60. The molecule has 1 aromatic heterocycles. The smallest absolute Gasteiger partial charge is 0.183 e. The molecule has 0 N–H and O–H groups in total. The van der Waals surface area contributed by atoms with Crippen molar-refractivity contribution in [3.8, 4) is 5.69 Å². The van der Waals surface area contributed by atoms with Crippen LogP contribution in [0.3, 0.4) is 0 Å². The van der Waals surface area contributed by atoms with E-state index in [9.17, 15) is 0 Å². The van der Waals surface area contributed by atoms with Crippen molar-refractivity contribution in [3.63, 3.8) is 0 Å². The van der Waals surface area contributed by atoms with Crippen LogP contribution in [0.25, 0.3) is 16.5 Å². The average molecular weight is 403 g/mol. The second kappa shape index (κ2) is 7.36. The topological polar surface area (TPSA) is 46.8 Å². The minimum absolute atomic E-state index is 0.0613. The first-order valence-corrected chi connectivity index (χ1v) is 10.6. The van der Waals surface area contributed by atoms with E-state index in [1.807, 2.05) is 4.68 Å². The number of rotatable bonds is 3. The Balaban J connectivity index is 1.52. The van der Waals surface area contributed by atoms with Gasteiger partial charge in [-0.3, -0.25) is 0 Å². The Bertz CT molecular complexity index is 1360. The normalized spacial score (nSPS) is 15.7. The van der Waals surface area contributed by atoms with Gasteiger partial charge in [0.2, 0.25) is 0 Å². The van der Waals surface area contributed by atoms with E-state index in [0.29, 0.717) is 0 Å². The number of hydrogen-bond acceptors (Lipinski definition) is 4. The summed E-state index contributed by atoms with van der Waals surface area (Å²) in [6, 6.07) is 33.8. The van der Waals surface area contributed by atoms with Crippen LogP contribution in [0.2, 0.25) is 0 Å². The van der Waals surface area contributed by atoms with Crippen LogP contribution in [0.15, 0.2) is 97.1 Å². The Kier molecular flexibility index (Phi) is 4.24. The molecule has 0 bridgehead atoms. The summed E-state index contributed by atoms with van der Waals surface area (Å²) < 4.78 is 1.88. The number of aromatic nitrogens is 4. The lowest BCUT2D eigenvalue weighted by molar-refractivity contribution is 0.604. The molecule has 1 aliphatic heterocycles. The first kappa shape index (κ1) is 17.8. The Morgan fingerprint density at radius 3 is 2.39 bits per heavy atom.